The van der Waals surface area contributed by atoms with Gasteiger partial charge in [-0.3, -0.25) is 4.79 Å². The molecule has 0 aromatic carbocycles. The molecule has 0 spiro atoms. The smallest absolute Gasteiger partial charge is 0.356 e. The van der Waals surface area contributed by atoms with Gasteiger partial charge in [0.05, 0.1) is 0 Å². The van der Waals surface area contributed by atoms with Gasteiger partial charge in [-0.2, -0.15) is 18.2 Å². The second-order valence-corrected chi connectivity index (χ2v) is 7.74. The summed E-state index contributed by atoms with van der Waals surface area (Å²) >= 11 is 0. The standard InChI is InChI=1S/C18H25F3N6O/c1-11-13(4-5-14(28)23-10-17(3)6-8-22-9-7-17)12(2)27-16(24-11)25-15(26-27)18(19,20)21/h22H,4-10H2,1-3H3,(H,23,28). The number of halogens is 3. The third-order valence-corrected chi connectivity index (χ3v) is 5.43. The second kappa shape index (κ2) is 7.65. The number of aromatic nitrogens is 4. The van der Waals surface area contributed by atoms with Crippen LogP contribution in [0.1, 0.15) is 49.0 Å². The van der Waals surface area contributed by atoms with Gasteiger partial charge in [-0.25, -0.2) is 9.50 Å². The summed E-state index contributed by atoms with van der Waals surface area (Å²) in [5.74, 6) is -1.38. The highest BCUT2D eigenvalue weighted by Crippen LogP contribution is 2.28. The van der Waals surface area contributed by atoms with Crippen LogP contribution in [0.15, 0.2) is 0 Å². The number of nitrogens with one attached hydrogen (secondary N) is 2. The third-order valence-electron chi connectivity index (χ3n) is 5.43. The summed E-state index contributed by atoms with van der Waals surface area (Å²) in [5, 5.41) is 9.83. The van der Waals surface area contributed by atoms with Crippen LogP contribution in [0, 0.1) is 19.3 Å². The first-order valence-corrected chi connectivity index (χ1v) is 9.36. The van der Waals surface area contributed by atoms with Gasteiger partial charge in [0, 0.05) is 24.4 Å². The Bertz CT molecular complexity index is 870. The summed E-state index contributed by atoms with van der Waals surface area (Å²) in [5.41, 5.74) is 1.89. The molecule has 28 heavy (non-hydrogen) atoms. The van der Waals surface area contributed by atoms with Crippen molar-refractivity contribution in [1.82, 2.24) is 30.2 Å². The van der Waals surface area contributed by atoms with Crippen LogP contribution >= 0.6 is 0 Å². The number of piperidine rings is 1. The van der Waals surface area contributed by atoms with Crippen molar-refractivity contribution in [3.8, 4) is 0 Å². The Labute approximate surface area is 161 Å². The topological polar surface area (TPSA) is 84.2 Å². The van der Waals surface area contributed by atoms with Crippen molar-refractivity contribution in [2.75, 3.05) is 19.6 Å². The van der Waals surface area contributed by atoms with Crippen molar-refractivity contribution >= 4 is 11.7 Å². The van der Waals surface area contributed by atoms with Gasteiger partial charge >= 0.3 is 6.18 Å². The largest absolute Gasteiger partial charge is 0.453 e. The van der Waals surface area contributed by atoms with Gasteiger partial charge in [-0.05, 0) is 57.2 Å². The number of hydrogen-bond donors (Lipinski definition) is 2. The molecule has 1 aliphatic heterocycles. The van der Waals surface area contributed by atoms with E-state index in [1.165, 1.54) is 0 Å². The van der Waals surface area contributed by atoms with Gasteiger partial charge in [0.2, 0.25) is 5.91 Å². The lowest BCUT2D eigenvalue weighted by molar-refractivity contribution is -0.144. The number of carbonyl (C=O) groups excluding carboxylic acids is 1. The van der Waals surface area contributed by atoms with Gasteiger partial charge in [0.1, 0.15) is 0 Å². The van der Waals surface area contributed by atoms with E-state index in [4.69, 9.17) is 0 Å². The minimum Gasteiger partial charge on any atom is -0.356 e. The molecule has 10 heteroatoms. The molecule has 1 aliphatic rings. The second-order valence-electron chi connectivity index (χ2n) is 7.74. The fourth-order valence-corrected chi connectivity index (χ4v) is 3.54. The van der Waals surface area contributed by atoms with Crippen LogP contribution in [0.3, 0.4) is 0 Å². The summed E-state index contributed by atoms with van der Waals surface area (Å²) in [6.07, 6.45) is -1.98. The van der Waals surface area contributed by atoms with Crippen LogP contribution in [0.4, 0.5) is 13.2 Å². The van der Waals surface area contributed by atoms with E-state index in [1.807, 2.05) is 0 Å². The first-order chi connectivity index (χ1) is 13.1. The average Bonchev–Trinajstić information content (AvgIpc) is 3.05. The molecule has 3 heterocycles. The van der Waals surface area contributed by atoms with Crippen molar-refractivity contribution in [1.29, 1.82) is 0 Å². The van der Waals surface area contributed by atoms with E-state index in [-0.39, 0.29) is 23.5 Å². The number of carbonyl (C=O) groups is 1. The molecule has 1 fully saturated rings. The van der Waals surface area contributed by atoms with Gasteiger partial charge in [-0.1, -0.05) is 6.92 Å². The molecule has 0 radical (unpaired) electrons. The van der Waals surface area contributed by atoms with Crippen molar-refractivity contribution in [3.05, 3.63) is 22.8 Å². The van der Waals surface area contributed by atoms with E-state index in [9.17, 15) is 18.0 Å². The first-order valence-electron chi connectivity index (χ1n) is 9.36. The number of amides is 1. The molecule has 154 valence electrons. The van der Waals surface area contributed by atoms with Crippen molar-refractivity contribution in [3.63, 3.8) is 0 Å². The molecule has 2 N–H and O–H groups in total. The summed E-state index contributed by atoms with van der Waals surface area (Å²) in [7, 11) is 0. The van der Waals surface area contributed by atoms with Crippen molar-refractivity contribution in [2.24, 2.45) is 5.41 Å². The number of rotatable bonds is 5. The molecule has 0 aliphatic carbocycles. The first kappa shape index (κ1) is 20.5. The van der Waals surface area contributed by atoms with Crippen LogP contribution in [0.2, 0.25) is 0 Å². The molecule has 1 saturated heterocycles. The molecular formula is C18H25F3N6O. The van der Waals surface area contributed by atoms with E-state index in [0.29, 0.717) is 29.9 Å². The third kappa shape index (κ3) is 4.43. The monoisotopic (exact) mass is 398 g/mol. The van der Waals surface area contributed by atoms with Crippen LogP contribution in [0.25, 0.3) is 5.78 Å². The van der Waals surface area contributed by atoms with E-state index < -0.39 is 12.0 Å². The summed E-state index contributed by atoms with van der Waals surface area (Å²) in [6.45, 7) is 8.07. The Morgan fingerprint density at radius 1 is 1.25 bits per heavy atom. The fourth-order valence-electron chi connectivity index (χ4n) is 3.54. The van der Waals surface area contributed by atoms with Crippen molar-refractivity contribution in [2.45, 2.75) is 52.6 Å². The lowest BCUT2D eigenvalue weighted by Gasteiger charge is -2.34. The normalized spacial score (nSPS) is 17.1. The molecule has 7 nitrogen and oxygen atoms in total. The Kier molecular flexibility index (Phi) is 5.60. The Balaban J connectivity index is 1.67. The van der Waals surface area contributed by atoms with Crippen LogP contribution in [-0.2, 0) is 17.4 Å². The lowest BCUT2D eigenvalue weighted by atomic mass is 9.81. The molecule has 0 unspecified atom stereocenters. The van der Waals surface area contributed by atoms with Crippen LogP contribution < -0.4 is 10.6 Å². The predicted molar refractivity (Wildman–Crippen MR) is 96.8 cm³/mol. The SMILES string of the molecule is Cc1nc2nc(C(F)(F)F)nn2c(C)c1CCC(=O)NCC1(C)CCNCC1. The van der Waals surface area contributed by atoms with Gasteiger partial charge in [0.25, 0.3) is 11.6 Å². The molecular weight excluding hydrogens is 373 g/mol. The zero-order valence-electron chi connectivity index (χ0n) is 16.3. The van der Waals surface area contributed by atoms with Crippen LogP contribution in [-0.4, -0.2) is 45.1 Å². The molecule has 3 rings (SSSR count). The maximum Gasteiger partial charge on any atom is 0.453 e. The predicted octanol–water partition coefficient (Wildman–Crippen LogP) is 2.20. The quantitative estimate of drug-likeness (QED) is 0.807. The maximum atomic E-state index is 12.9. The highest BCUT2D eigenvalue weighted by Gasteiger charge is 2.37. The summed E-state index contributed by atoms with van der Waals surface area (Å²) < 4.78 is 39.7. The van der Waals surface area contributed by atoms with Gasteiger partial charge < -0.3 is 10.6 Å². The number of nitrogens with zero attached hydrogens (tertiary/aromatic N) is 4. The molecule has 2 aromatic rings. The number of hydrogen-bond acceptors (Lipinski definition) is 5. The highest BCUT2D eigenvalue weighted by molar-refractivity contribution is 5.76. The Morgan fingerprint density at radius 2 is 1.93 bits per heavy atom. The zero-order chi connectivity index (χ0) is 20.5. The van der Waals surface area contributed by atoms with E-state index in [2.05, 4.69) is 32.6 Å². The molecule has 1 amide bonds. The Morgan fingerprint density at radius 3 is 2.57 bits per heavy atom. The fraction of sp³-hybridized carbons (Fsp3) is 0.667. The minimum absolute atomic E-state index is 0.0757. The van der Waals surface area contributed by atoms with E-state index in [1.54, 1.807) is 13.8 Å². The molecule has 0 saturated carbocycles. The van der Waals surface area contributed by atoms with Gasteiger partial charge in [0.15, 0.2) is 0 Å². The number of fused-ring (bicyclic) bond motifs is 1. The molecule has 0 bridgehead atoms. The maximum absolute atomic E-state index is 12.9. The van der Waals surface area contributed by atoms with E-state index >= 15 is 0 Å². The number of aryl methyl sites for hydroxylation is 2. The average molecular weight is 398 g/mol. The minimum atomic E-state index is -4.63. The van der Waals surface area contributed by atoms with Crippen molar-refractivity contribution < 1.29 is 18.0 Å². The Hall–Kier alpha value is -2.23. The van der Waals surface area contributed by atoms with Crippen LogP contribution in [0.5, 0.6) is 0 Å². The summed E-state index contributed by atoms with van der Waals surface area (Å²) in [4.78, 5) is 19.9. The highest BCUT2D eigenvalue weighted by atomic mass is 19.4. The number of alkyl halides is 3. The van der Waals surface area contributed by atoms with Gasteiger partial charge in [-0.15, -0.1) is 5.10 Å². The molecule has 0 atom stereocenters. The molecule has 2 aromatic heterocycles. The van der Waals surface area contributed by atoms with E-state index in [0.717, 1.165) is 30.4 Å². The zero-order valence-corrected chi connectivity index (χ0v) is 16.3. The lowest BCUT2D eigenvalue weighted by Crippen LogP contribution is -2.42. The summed E-state index contributed by atoms with van der Waals surface area (Å²) in [6, 6.07) is 0.